The lowest BCUT2D eigenvalue weighted by Gasteiger charge is -2.27. The molecule has 0 atom stereocenters. The first-order valence-electron chi connectivity index (χ1n) is 6.34. The van der Waals surface area contributed by atoms with Gasteiger partial charge >= 0.3 is 5.97 Å². The van der Waals surface area contributed by atoms with E-state index < -0.39 is 11.4 Å². The van der Waals surface area contributed by atoms with Gasteiger partial charge in [0.1, 0.15) is 0 Å². The highest BCUT2D eigenvalue weighted by atomic mass is 16.4. The first kappa shape index (κ1) is 16.9. The average molecular weight is 259 g/mol. The molecule has 0 radical (unpaired) electrons. The van der Waals surface area contributed by atoms with Crippen LogP contribution in [0, 0.1) is 10.8 Å². The third kappa shape index (κ3) is 4.64. The molecule has 0 unspecified atom stereocenters. The zero-order valence-electron chi connectivity index (χ0n) is 11.7. The molecule has 0 aromatic rings. The Morgan fingerprint density at radius 2 is 1.67 bits per heavy atom. The predicted octanol–water partition coefficient (Wildman–Crippen LogP) is 1.40. The maximum atomic E-state index is 11.8. The molecule has 1 amide bonds. The van der Waals surface area contributed by atoms with Crippen LogP contribution in [0.15, 0.2) is 0 Å². The quantitative estimate of drug-likeness (QED) is 0.615. The summed E-state index contributed by atoms with van der Waals surface area (Å²) < 4.78 is 0. The highest BCUT2D eigenvalue weighted by Crippen LogP contribution is 2.30. The molecule has 18 heavy (non-hydrogen) atoms. The van der Waals surface area contributed by atoms with Gasteiger partial charge in [-0.15, -0.1) is 0 Å². The van der Waals surface area contributed by atoms with Gasteiger partial charge in [0.05, 0.1) is 5.41 Å². The Morgan fingerprint density at radius 3 is 2.00 bits per heavy atom. The number of carboxylic acid groups (broad SMARTS) is 1. The van der Waals surface area contributed by atoms with Crippen LogP contribution in [0.2, 0.25) is 0 Å². The summed E-state index contributed by atoms with van der Waals surface area (Å²) >= 11 is 0. The zero-order valence-corrected chi connectivity index (χ0v) is 11.7. The lowest BCUT2D eigenvalue weighted by atomic mass is 9.79. The zero-order chi connectivity index (χ0) is 14.4. The van der Waals surface area contributed by atoms with Crippen molar-refractivity contribution in [3.63, 3.8) is 0 Å². The topological polar surface area (TPSA) is 86.6 Å². The third-order valence-electron chi connectivity index (χ3n) is 3.50. The van der Waals surface area contributed by atoms with E-state index >= 15 is 0 Å². The number of carbonyl (C=O) groups is 2. The summed E-state index contributed by atoms with van der Waals surface area (Å²) in [6, 6.07) is 0. The minimum atomic E-state index is -0.979. The van der Waals surface area contributed by atoms with Crippen molar-refractivity contribution >= 4 is 11.9 Å². The molecular formula is C13H25NO4. The summed E-state index contributed by atoms with van der Waals surface area (Å²) in [6.07, 6.45) is 0.835. The molecule has 0 aromatic carbocycles. The number of carboxylic acids is 1. The van der Waals surface area contributed by atoms with Crippen molar-refractivity contribution in [1.82, 2.24) is 5.32 Å². The fourth-order valence-corrected chi connectivity index (χ4v) is 1.64. The Bertz CT molecular complexity index is 295. The molecule has 0 rings (SSSR count). The molecule has 0 fully saturated rings. The van der Waals surface area contributed by atoms with Gasteiger partial charge in [-0.2, -0.15) is 0 Å². The van der Waals surface area contributed by atoms with Gasteiger partial charge in [0.25, 0.3) is 0 Å². The smallest absolute Gasteiger partial charge is 0.310 e. The van der Waals surface area contributed by atoms with E-state index in [1.165, 1.54) is 0 Å². The van der Waals surface area contributed by atoms with E-state index in [1.807, 2.05) is 13.8 Å². The Balaban J connectivity index is 4.50. The van der Waals surface area contributed by atoms with Gasteiger partial charge in [0, 0.05) is 25.0 Å². The van der Waals surface area contributed by atoms with Crippen molar-refractivity contribution in [1.29, 1.82) is 0 Å². The van der Waals surface area contributed by atoms with Crippen LogP contribution in [0.4, 0.5) is 0 Å². The van der Waals surface area contributed by atoms with E-state index in [2.05, 4.69) is 5.32 Å². The van der Waals surface area contributed by atoms with Crippen molar-refractivity contribution in [2.45, 2.75) is 47.0 Å². The summed E-state index contributed by atoms with van der Waals surface area (Å²) in [6.45, 7) is 7.53. The third-order valence-corrected chi connectivity index (χ3v) is 3.50. The van der Waals surface area contributed by atoms with Crippen LogP contribution in [0.1, 0.15) is 47.0 Å². The Morgan fingerprint density at radius 1 is 1.17 bits per heavy atom. The highest BCUT2D eigenvalue weighted by molar-refractivity contribution is 5.84. The lowest BCUT2D eigenvalue weighted by Crippen LogP contribution is -2.40. The van der Waals surface area contributed by atoms with Crippen LogP contribution in [-0.4, -0.2) is 35.2 Å². The number of nitrogens with one attached hydrogen (secondary N) is 1. The molecule has 5 heteroatoms. The molecule has 0 bridgehead atoms. The number of hydrogen-bond acceptors (Lipinski definition) is 3. The SMILES string of the molecule is CCC(CC)(CC(=O)NCC(C)(C)CO)C(=O)O. The van der Waals surface area contributed by atoms with Crippen LogP contribution in [0.5, 0.6) is 0 Å². The van der Waals surface area contributed by atoms with Crippen LogP contribution in [0.3, 0.4) is 0 Å². The molecule has 0 aromatic heterocycles. The summed E-state index contributed by atoms with van der Waals surface area (Å²) in [5, 5.41) is 21.0. The van der Waals surface area contributed by atoms with Gasteiger partial charge in [-0.3, -0.25) is 9.59 Å². The summed E-state index contributed by atoms with van der Waals surface area (Å²) in [7, 11) is 0. The second-order valence-corrected chi connectivity index (χ2v) is 5.57. The molecular weight excluding hydrogens is 234 g/mol. The predicted molar refractivity (Wildman–Crippen MR) is 69.1 cm³/mol. The van der Waals surface area contributed by atoms with Gasteiger partial charge in [-0.05, 0) is 12.8 Å². The van der Waals surface area contributed by atoms with E-state index in [1.54, 1.807) is 13.8 Å². The van der Waals surface area contributed by atoms with E-state index in [9.17, 15) is 14.7 Å². The van der Waals surface area contributed by atoms with Crippen molar-refractivity contribution in [2.75, 3.05) is 13.2 Å². The Labute approximate surface area is 109 Å². The van der Waals surface area contributed by atoms with Crippen molar-refractivity contribution in [3.05, 3.63) is 0 Å². The summed E-state index contributed by atoms with van der Waals surface area (Å²) in [5.74, 6) is -1.20. The van der Waals surface area contributed by atoms with Crippen LogP contribution in [0.25, 0.3) is 0 Å². The number of rotatable bonds is 8. The molecule has 0 aliphatic heterocycles. The second-order valence-electron chi connectivity index (χ2n) is 5.57. The molecule has 0 saturated heterocycles. The van der Waals surface area contributed by atoms with E-state index in [4.69, 9.17) is 5.11 Å². The van der Waals surface area contributed by atoms with Gasteiger partial charge < -0.3 is 15.5 Å². The van der Waals surface area contributed by atoms with E-state index in [0.717, 1.165) is 0 Å². The first-order chi connectivity index (χ1) is 8.23. The molecule has 0 aliphatic carbocycles. The van der Waals surface area contributed by atoms with Gasteiger partial charge in [-0.1, -0.05) is 27.7 Å². The highest BCUT2D eigenvalue weighted by Gasteiger charge is 2.37. The summed E-state index contributed by atoms with van der Waals surface area (Å²) in [5.41, 5.74) is -1.37. The molecule has 0 spiro atoms. The lowest BCUT2D eigenvalue weighted by molar-refractivity contribution is -0.152. The fourth-order valence-electron chi connectivity index (χ4n) is 1.64. The molecule has 5 nitrogen and oxygen atoms in total. The normalized spacial score (nSPS) is 12.3. The monoisotopic (exact) mass is 259 g/mol. The van der Waals surface area contributed by atoms with Gasteiger partial charge in [0.2, 0.25) is 5.91 Å². The Hall–Kier alpha value is -1.10. The maximum absolute atomic E-state index is 11.8. The summed E-state index contributed by atoms with van der Waals surface area (Å²) in [4.78, 5) is 23.0. The minimum absolute atomic E-state index is 0.0170. The van der Waals surface area contributed by atoms with Gasteiger partial charge in [-0.25, -0.2) is 0 Å². The number of carbonyl (C=O) groups excluding carboxylic acids is 1. The van der Waals surface area contributed by atoms with Crippen molar-refractivity contribution < 1.29 is 19.8 Å². The standard InChI is InChI=1S/C13H25NO4/c1-5-13(6-2,11(17)18)7-10(16)14-8-12(3,4)9-15/h15H,5-9H2,1-4H3,(H,14,16)(H,17,18). The van der Waals surface area contributed by atoms with Gasteiger partial charge in [0.15, 0.2) is 0 Å². The largest absolute Gasteiger partial charge is 0.481 e. The van der Waals surface area contributed by atoms with Crippen LogP contribution >= 0.6 is 0 Å². The molecule has 0 saturated carbocycles. The van der Waals surface area contributed by atoms with Crippen molar-refractivity contribution in [2.24, 2.45) is 10.8 Å². The number of aliphatic carboxylic acids is 1. The fraction of sp³-hybridized carbons (Fsp3) is 0.846. The molecule has 3 N–H and O–H groups in total. The molecule has 0 heterocycles. The minimum Gasteiger partial charge on any atom is -0.481 e. The molecule has 0 aliphatic rings. The van der Waals surface area contributed by atoms with Crippen LogP contribution < -0.4 is 5.32 Å². The first-order valence-corrected chi connectivity index (χ1v) is 6.34. The Kier molecular flexibility index (Phi) is 6.32. The second kappa shape index (κ2) is 6.73. The van der Waals surface area contributed by atoms with Crippen LogP contribution in [-0.2, 0) is 9.59 Å². The van der Waals surface area contributed by atoms with E-state index in [-0.39, 0.29) is 24.3 Å². The average Bonchev–Trinajstić information content (AvgIpc) is 2.33. The number of aliphatic hydroxyl groups is 1. The maximum Gasteiger partial charge on any atom is 0.310 e. The number of hydrogen-bond donors (Lipinski definition) is 3. The van der Waals surface area contributed by atoms with Crippen molar-refractivity contribution in [3.8, 4) is 0 Å². The number of aliphatic hydroxyl groups excluding tert-OH is 1. The molecule has 106 valence electrons. The van der Waals surface area contributed by atoms with E-state index in [0.29, 0.717) is 19.4 Å². The number of amides is 1.